The quantitative estimate of drug-likeness (QED) is 0.696. The van der Waals surface area contributed by atoms with Crippen molar-refractivity contribution in [3.63, 3.8) is 0 Å². The van der Waals surface area contributed by atoms with Crippen molar-refractivity contribution in [2.45, 2.75) is 32.1 Å². The van der Waals surface area contributed by atoms with Gasteiger partial charge in [0.1, 0.15) is 11.6 Å². The van der Waals surface area contributed by atoms with Crippen LogP contribution in [0.4, 0.5) is 5.82 Å². The fraction of sp³-hybridized carbons (Fsp3) is 0.545. The summed E-state index contributed by atoms with van der Waals surface area (Å²) in [5.74, 6) is 0.351. The van der Waals surface area contributed by atoms with Crippen molar-refractivity contribution in [2.24, 2.45) is 11.8 Å². The van der Waals surface area contributed by atoms with Crippen LogP contribution in [0.2, 0.25) is 5.02 Å². The van der Waals surface area contributed by atoms with Gasteiger partial charge in [0.05, 0.1) is 23.1 Å². The number of aromatic nitrogens is 3. The first-order valence-corrected chi connectivity index (χ1v) is 10.9. The number of hydrogen-bond acceptors (Lipinski definition) is 7. The van der Waals surface area contributed by atoms with Crippen LogP contribution in [0.1, 0.15) is 34.1 Å². The second-order valence-corrected chi connectivity index (χ2v) is 8.19. The van der Waals surface area contributed by atoms with E-state index in [0.717, 1.165) is 19.4 Å². The Balaban J connectivity index is 1.50. The van der Waals surface area contributed by atoms with Crippen LogP contribution in [-0.4, -0.2) is 53.5 Å². The van der Waals surface area contributed by atoms with E-state index in [1.807, 2.05) is 0 Å². The molecule has 0 amide bonds. The number of halogens is 1. The van der Waals surface area contributed by atoms with Gasteiger partial charge >= 0.3 is 0 Å². The Bertz CT molecular complexity index is 950. The van der Waals surface area contributed by atoms with Crippen LogP contribution in [0.5, 0.6) is 0 Å². The van der Waals surface area contributed by atoms with E-state index in [-0.39, 0.29) is 24.0 Å². The molecule has 4 heterocycles. The third-order valence-electron chi connectivity index (χ3n) is 5.56. The van der Waals surface area contributed by atoms with Crippen LogP contribution >= 0.6 is 11.6 Å². The smallest absolute Gasteiger partial charge is 0.145 e. The van der Waals surface area contributed by atoms with E-state index in [1.165, 1.54) is 12.4 Å². The Labute approximate surface area is 184 Å². The van der Waals surface area contributed by atoms with Gasteiger partial charge in [-0.15, -0.1) is 0 Å². The van der Waals surface area contributed by atoms with E-state index in [4.69, 9.17) is 19.1 Å². The number of ether oxygens (including phenoxy) is 1. The minimum atomic E-state index is -1.63. The summed E-state index contributed by atoms with van der Waals surface area (Å²) in [6.07, 6.45) is 8.06. The number of anilines is 1. The average molecular weight is 432 g/mol. The summed E-state index contributed by atoms with van der Waals surface area (Å²) < 4.78 is 22.2. The van der Waals surface area contributed by atoms with Gasteiger partial charge in [-0.25, -0.2) is 4.98 Å². The SMILES string of the molecule is [2H]C([2H])(Nc1cncc(-c2cc(CC(=O)[C@@H]3CCCNC3)ncc2Cl)n1)C1CCOCC1. The predicted octanol–water partition coefficient (Wildman–Crippen LogP) is 3.14. The van der Waals surface area contributed by atoms with E-state index in [0.29, 0.717) is 60.4 Å². The zero-order chi connectivity index (χ0) is 22.6. The molecule has 0 spiro atoms. The maximum atomic E-state index is 12.7. The number of Topliss-reactive ketones (excluding diaryl/α,β-unsaturated/α-hetero) is 1. The maximum absolute atomic E-state index is 12.7. The largest absolute Gasteiger partial charge is 0.381 e. The monoisotopic (exact) mass is 431 g/mol. The summed E-state index contributed by atoms with van der Waals surface area (Å²) >= 11 is 6.39. The van der Waals surface area contributed by atoms with Gasteiger partial charge in [0.2, 0.25) is 0 Å². The highest BCUT2D eigenvalue weighted by atomic mass is 35.5. The molecule has 8 heteroatoms. The van der Waals surface area contributed by atoms with Gasteiger partial charge in [-0.3, -0.25) is 14.8 Å². The van der Waals surface area contributed by atoms with E-state index in [1.54, 1.807) is 12.3 Å². The Hall–Kier alpha value is -2.09. The average Bonchev–Trinajstić information content (AvgIpc) is 2.81. The molecule has 2 aliphatic rings. The predicted molar refractivity (Wildman–Crippen MR) is 117 cm³/mol. The van der Waals surface area contributed by atoms with E-state index in [2.05, 4.69) is 25.6 Å². The summed E-state index contributed by atoms with van der Waals surface area (Å²) in [5, 5.41) is 6.57. The van der Waals surface area contributed by atoms with Gasteiger partial charge < -0.3 is 15.4 Å². The van der Waals surface area contributed by atoms with Gasteiger partial charge in [0, 0.05) is 58.8 Å². The van der Waals surface area contributed by atoms with Gasteiger partial charge in [-0.1, -0.05) is 11.6 Å². The third-order valence-corrected chi connectivity index (χ3v) is 5.86. The van der Waals surface area contributed by atoms with E-state index >= 15 is 0 Å². The molecule has 0 saturated carbocycles. The van der Waals surface area contributed by atoms with Crippen molar-refractivity contribution >= 4 is 23.2 Å². The topological polar surface area (TPSA) is 89.0 Å². The number of rotatable bonds is 7. The molecule has 2 saturated heterocycles. The molecule has 2 aromatic heterocycles. The fourth-order valence-electron chi connectivity index (χ4n) is 3.80. The van der Waals surface area contributed by atoms with Crippen LogP contribution in [0, 0.1) is 11.8 Å². The van der Waals surface area contributed by atoms with Crippen LogP contribution in [0.15, 0.2) is 24.7 Å². The summed E-state index contributed by atoms with van der Waals surface area (Å²) in [4.78, 5) is 25.8. The van der Waals surface area contributed by atoms with Gasteiger partial charge in [-0.05, 0) is 44.2 Å². The number of nitrogens with zero attached hydrogens (tertiary/aromatic N) is 3. The second-order valence-electron chi connectivity index (χ2n) is 7.79. The fourth-order valence-corrected chi connectivity index (χ4v) is 4.00. The first kappa shape index (κ1) is 18.7. The number of pyridine rings is 1. The van der Waals surface area contributed by atoms with E-state index in [9.17, 15) is 4.79 Å². The first-order chi connectivity index (χ1) is 15.4. The zero-order valence-corrected chi connectivity index (χ0v) is 17.6. The highest BCUT2D eigenvalue weighted by Crippen LogP contribution is 2.27. The molecule has 7 nitrogen and oxygen atoms in total. The van der Waals surface area contributed by atoms with E-state index < -0.39 is 6.50 Å². The summed E-state index contributed by atoms with van der Waals surface area (Å²) in [6.45, 7) is 1.16. The first-order valence-electron chi connectivity index (χ1n) is 11.5. The van der Waals surface area contributed by atoms with Crippen molar-refractivity contribution in [3.05, 3.63) is 35.4 Å². The molecule has 2 aliphatic heterocycles. The Morgan fingerprint density at radius 1 is 1.30 bits per heavy atom. The zero-order valence-electron chi connectivity index (χ0n) is 18.9. The molecule has 0 unspecified atom stereocenters. The molecule has 0 aliphatic carbocycles. The number of nitrogens with one attached hydrogen (secondary N) is 2. The molecular weight excluding hydrogens is 402 g/mol. The lowest BCUT2D eigenvalue weighted by Gasteiger charge is -2.22. The standard InChI is InChI=1S/C22H28ClN5O2/c23-19-12-26-17(9-21(29)16-2-1-5-24-11-16)8-18(19)20-13-25-14-22(28-20)27-10-15-3-6-30-7-4-15/h8,12-16,24H,1-7,9-11H2,(H,27,28)/t16-/m1/s1/i10D2. The van der Waals surface area contributed by atoms with Gasteiger partial charge in [-0.2, -0.15) is 0 Å². The molecule has 2 aromatic rings. The molecule has 0 bridgehead atoms. The molecule has 2 N–H and O–H groups in total. The Morgan fingerprint density at radius 3 is 2.97 bits per heavy atom. The third kappa shape index (κ3) is 5.53. The van der Waals surface area contributed by atoms with Crippen molar-refractivity contribution in [3.8, 4) is 11.3 Å². The number of ketones is 1. The molecule has 4 rings (SSSR count). The normalized spacial score (nSPS) is 21.6. The lowest BCUT2D eigenvalue weighted by atomic mass is 9.92. The van der Waals surface area contributed by atoms with Crippen LogP contribution in [0.3, 0.4) is 0 Å². The van der Waals surface area contributed by atoms with Crippen LogP contribution in [0.25, 0.3) is 11.3 Å². The second kappa shape index (κ2) is 10.3. The van der Waals surface area contributed by atoms with Crippen molar-refractivity contribution < 1.29 is 12.3 Å². The van der Waals surface area contributed by atoms with Gasteiger partial charge in [0.15, 0.2) is 0 Å². The summed E-state index contributed by atoms with van der Waals surface area (Å²) in [5.41, 5.74) is 1.75. The van der Waals surface area contributed by atoms with Crippen LogP contribution < -0.4 is 10.6 Å². The Kier molecular flexibility index (Phi) is 6.40. The van der Waals surface area contributed by atoms with Crippen molar-refractivity contribution in [1.82, 2.24) is 20.3 Å². The highest BCUT2D eigenvalue weighted by molar-refractivity contribution is 6.33. The molecule has 0 aromatic carbocycles. The van der Waals surface area contributed by atoms with Gasteiger partial charge in [0.25, 0.3) is 0 Å². The maximum Gasteiger partial charge on any atom is 0.145 e. The number of piperidine rings is 1. The molecule has 160 valence electrons. The number of carbonyl (C=O) groups excluding carboxylic acids is 1. The molecule has 1 atom stereocenters. The van der Waals surface area contributed by atoms with Crippen molar-refractivity contribution in [1.29, 1.82) is 0 Å². The molecule has 0 radical (unpaired) electrons. The minimum absolute atomic E-state index is 0.0180. The molecular formula is C22H28ClN5O2. The summed E-state index contributed by atoms with van der Waals surface area (Å²) in [6, 6.07) is 1.78. The number of carbonyl (C=O) groups is 1. The minimum Gasteiger partial charge on any atom is -0.381 e. The number of hydrogen-bond donors (Lipinski definition) is 2. The molecule has 2 fully saturated rings. The van der Waals surface area contributed by atoms with Crippen LogP contribution in [-0.2, 0) is 16.0 Å². The summed E-state index contributed by atoms with van der Waals surface area (Å²) in [7, 11) is 0. The lowest BCUT2D eigenvalue weighted by Crippen LogP contribution is -2.35. The highest BCUT2D eigenvalue weighted by Gasteiger charge is 2.22. The molecule has 30 heavy (non-hydrogen) atoms. The van der Waals surface area contributed by atoms with Crippen molar-refractivity contribution in [2.75, 3.05) is 38.1 Å². The lowest BCUT2D eigenvalue weighted by molar-refractivity contribution is -0.122. The Morgan fingerprint density at radius 2 is 2.17 bits per heavy atom.